The number of carbonyl (C=O) groups excluding carboxylic acids is 1. The van der Waals surface area contributed by atoms with Gasteiger partial charge in [-0.3, -0.25) is 9.78 Å². The standard InChI is InChI=1S/C21H16F3N3O2/c1-14-18(7-4-12-25-14)29-20-11-9-16(13-26-20)27-19(28)10-8-15-5-2-3-6-17(15)21(22,23)24/h2-13H,1H3,(H,27,28)/b10-8+. The van der Waals surface area contributed by atoms with Gasteiger partial charge in [0.2, 0.25) is 11.8 Å². The van der Waals surface area contributed by atoms with Crippen molar-refractivity contribution in [3.8, 4) is 11.6 Å². The lowest BCUT2D eigenvalue weighted by molar-refractivity contribution is -0.137. The molecule has 0 fully saturated rings. The zero-order valence-electron chi connectivity index (χ0n) is 15.3. The summed E-state index contributed by atoms with van der Waals surface area (Å²) < 4.78 is 44.6. The van der Waals surface area contributed by atoms with Gasteiger partial charge >= 0.3 is 6.18 Å². The number of nitrogens with one attached hydrogen (secondary N) is 1. The molecule has 0 aliphatic rings. The van der Waals surface area contributed by atoms with Gasteiger partial charge in [0.15, 0.2) is 5.75 Å². The van der Waals surface area contributed by atoms with Gasteiger partial charge in [-0.2, -0.15) is 13.2 Å². The first-order valence-corrected chi connectivity index (χ1v) is 8.54. The number of benzene rings is 1. The zero-order valence-corrected chi connectivity index (χ0v) is 15.3. The first kappa shape index (κ1) is 20.1. The quantitative estimate of drug-likeness (QED) is 0.596. The first-order valence-electron chi connectivity index (χ1n) is 8.54. The summed E-state index contributed by atoms with van der Waals surface area (Å²) >= 11 is 0. The summed E-state index contributed by atoms with van der Waals surface area (Å²) in [6.07, 6.45) is 0.692. The fraction of sp³-hybridized carbons (Fsp3) is 0.0952. The molecule has 0 atom stereocenters. The largest absolute Gasteiger partial charge is 0.437 e. The normalized spacial score (nSPS) is 11.4. The van der Waals surface area contributed by atoms with Crippen LogP contribution in [0.5, 0.6) is 11.6 Å². The molecule has 29 heavy (non-hydrogen) atoms. The van der Waals surface area contributed by atoms with Crippen molar-refractivity contribution in [2.24, 2.45) is 0 Å². The molecule has 0 radical (unpaired) electrons. The van der Waals surface area contributed by atoms with E-state index in [2.05, 4.69) is 15.3 Å². The molecule has 1 N–H and O–H groups in total. The summed E-state index contributed by atoms with van der Waals surface area (Å²) in [5.41, 5.74) is 0.178. The van der Waals surface area contributed by atoms with Crippen LogP contribution in [0.4, 0.5) is 18.9 Å². The molecule has 0 unspecified atom stereocenters. The molecule has 0 aliphatic heterocycles. The third-order valence-corrected chi connectivity index (χ3v) is 3.86. The maximum absolute atomic E-state index is 13.0. The van der Waals surface area contributed by atoms with Crippen molar-refractivity contribution in [3.63, 3.8) is 0 Å². The molecular formula is C21H16F3N3O2. The number of alkyl halides is 3. The third kappa shape index (κ3) is 5.41. The molecule has 1 amide bonds. The smallest absolute Gasteiger partial charge is 0.416 e. The van der Waals surface area contributed by atoms with E-state index >= 15 is 0 Å². The number of amides is 1. The van der Waals surface area contributed by atoms with Crippen LogP contribution in [0.15, 0.2) is 67.0 Å². The van der Waals surface area contributed by atoms with Gasteiger partial charge in [-0.1, -0.05) is 18.2 Å². The van der Waals surface area contributed by atoms with Crippen LogP contribution < -0.4 is 10.1 Å². The fourth-order valence-corrected chi connectivity index (χ4v) is 2.45. The average molecular weight is 399 g/mol. The number of pyridine rings is 2. The number of hydrogen-bond donors (Lipinski definition) is 1. The van der Waals surface area contributed by atoms with Crippen LogP contribution in [0.1, 0.15) is 16.8 Å². The number of hydrogen-bond acceptors (Lipinski definition) is 4. The number of anilines is 1. The minimum Gasteiger partial charge on any atom is -0.437 e. The molecule has 0 spiro atoms. The molecule has 0 bridgehead atoms. The van der Waals surface area contributed by atoms with Crippen LogP contribution in [0.3, 0.4) is 0 Å². The predicted molar refractivity (Wildman–Crippen MR) is 102 cm³/mol. The van der Waals surface area contributed by atoms with E-state index in [1.807, 2.05) is 0 Å². The van der Waals surface area contributed by atoms with E-state index in [1.54, 1.807) is 37.4 Å². The zero-order chi connectivity index (χ0) is 20.9. The van der Waals surface area contributed by atoms with Crippen LogP contribution in [-0.2, 0) is 11.0 Å². The predicted octanol–water partition coefficient (Wildman–Crippen LogP) is 5.25. The van der Waals surface area contributed by atoms with Gasteiger partial charge in [0, 0.05) is 18.3 Å². The van der Waals surface area contributed by atoms with E-state index in [4.69, 9.17) is 4.74 Å². The summed E-state index contributed by atoms with van der Waals surface area (Å²) in [6.45, 7) is 1.80. The summed E-state index contributed by atoms with van der Waals surface area (Å²) in [5, 5.41) is 2.54. The maximum Gasteiger partial charge on any atom is 0.416 e. The van der Waals surface area contributed by atoms with Crippen molar-refractivity contribution in [2.75, 3.05) is 5.32 Å². The van der Waals surface area contributed by atoms with Crippen LogP contribution in [-0.4, -0.2) is 15.9 Å². The lowest BCUT2D eigenvalue weighted by Gasteiger charge is -2.09. The number of rotatable bonds is 5. The van der Waals surface area contributed by atoms with Gasteiger partial charge in [-0.15, -0.1) is 0 Å². The van der Waals surface area contributed by atoms with Crippen LogP contribution in [0.25, 0.3) is 6.08 Å². The Morgan fingerprint density at radius 1 is 1.07 bits per heavy atom. The van der Waals surface area contributed by atoms with Crippen molar-refractivity contribution in [3.05, 3.63) is 83.8 Å². The van der Waals surface area contributed by atoms with E-state index in [0.717, 1.165) is 18.2 Å². The van der Waals surface area contributed by atoms with E-state index in [0.29, 0.717) is 23.0 Å². The van der Waals surface area contributed by atoms with Gasteiger partial charge in [0.05, 0.1) is 23.1 Å². The van der Waals surface area contributed by atoms with E-state index in [-0.39, 0.29) is 5.56 Å². The molecular weight excluding hydrogens is 383 g/mol. The van der Waals surface area contributed by atoms with Crippen molar-refractivity contribution >= 4 is 17.7 Å². The molecule has 0 saturated carbocycles. The summed E-state index contributed by atoms with van der Waals surface area (Å²) in [7, 11) is 0. The van der Waals surface area contributed by atoms with Gasteiger partial charge in [-0.05, 0) is 42.8 Å². The Kier molecular flexibility index (Phi) is 5.92. The Morgan fingerprint density at radius 3 is 2.55 bits per heavy atom. The lowest BCUT2D eigenvalue weighted by Crippen LogP contribution is -2.09. The molecule has 2 heterocycles. The van der Waals surface area contributed by atoms with Crippen molar-refractivity contribution in [1.29, 1.82) is 0 Å². The SMILES string of the molecule is Cc1ncccc1Oc1ccc(NC(=O)/C=C/c2ccccc2C(F)(F)F)cn1. The van der Waals surface area contributed by atoms with Crippen LogP contribution in [0, 0.1) is 6.92 Å². The van der Waals surface area contributed by atoms with Gasteiger partial charge in [0.25, 0.3) is 0 Å². The Bertz CT molecular complexity index is 1030. The summed E-state index contributed by atoms with van der Waals surface area (Å²) in [6, 6.07) is 11.6. The third-order valence-electron chi connectivity index (χ3n) is 3.86. The number of ether oxygens (including phenoxy) is 1. The van der Waals surface area contributed by atoms with Gasteiger partial charge in [0.1, 0.15) is 0 Å². The lowest BCUT2D eigenvalue weighted by atomic mass is 10.1. The minimum atomic E-state index is -4.50. The Labute approximate surface area is 164 Å². The van der Waals surface area contributed by atoms with E-state index in [9.17, 15) is 18.0 Å². The Morgan fingerprint density at radius 2 is 1.86 bits per heavy atom. The minimum absolute atomic E-state index is 0.0936. The van der Waals surface area contributed by atoms with Crippen molar-refractivity contribution < 1.29 is 22.7 Å². The number of halogens is 3. The Hall–Kier alpha value is -3.68. The Balaban J connectivity index is 1.64. The molecule has 2 aromatic heterocycles. The number of nitrogens with zero attached hydrogens (tertiary/aromatic N) is 2. The molecule has 1 aromatic carbocycles. The molecule has 0 saturated heterocycles. The molecule has 8 heteroatoms. The average Bonchev–Trinajstić information content (AvgIpc) is 2.69. The monoisotopic (exact) mass is 399 g/mol. The second-order valence-electron chi connectivity index (χ2n) is 5.98. The first-order chi connectivity index (χ1) is 13.8. The fourth-order valence-electron chi connectivity index (χ4n) is 2.45. The molecule has 148 valence electrons. The highest BCUT2D eigenvalue weighted by Gasteiger charge is 2.32. The van der Waals surface area contributed by atoms with Gasteiger partial charge in [-0.25, -0.2) is 4.98 Å². The maximum atomic E-state index is 13.0. The van der Waals surface area contributed by atoms with Gasteiger partial charge < -0.3 is 10.1 Å². The van der Waals surface area contributed by atoms with E-state index in [1.165, 1.54) is 24.4 Å². The number of aryl methyl sites for hydroxylation is 1. The topological polar surface area (TPSA) is 64.1 Å². The number of aromatic nitrogens is 2. The van der Waals surface area contributed by atoms with E-state index < -0.39 is 17.6 Å². The van der Waals surface area contributed by atoms with Crippen LogP contribution >= 0.6 is 0 Å². The second kappa shape index (κ2) is 8.55. The van der Waals surface area contributed by atoms with Crippen LogP contribution in [0.2, 0.25) is 0 Å². The highest BCUT2D eigenvalue weighted by atomic mass is 19.4. The summed E-state index contributed by atoms with van der Waals surface area (Å²) in [4.78, 5) is 20.2. The highest BCUT2D eigenvalue weighted by molar-refractivity contribution is 6.01. The number of carbonyl (C=O) groups is 1. The highest BCUT2D eigenvalue weighted by Crippen LogP contribution is 2.32. The van der Waals surface area contributed by atoms with Crippen molar-refractivity contribution in [1.82, 2.24) is 9.97 Å². The molecule has 3 aromatic rings. The summed E-state index contributed by atoms with van der Waals surface area (Å²) in [5.74, 6) is 0.289. The second-order valence-corrected chi connectivity index (χ2v) is 5.98. The molecule has 3 rings (SSSR count). The van der Waals surface area contributed by atoms with Crippen molar-refractivity contribution in [2.45, 2.75) is 13.1 Å². The molecule has 5 nitrogen and oxygen atoms in total. The molecule has 0 aliphatic carbocycles.